The van der Waals surface area contributed by atoms with Gasteiger partial charge in [0.1, 0.15) is 16.3 Å². The molecule has 1 heterocycles. The standard InChI is InChI=1S/C11H8N6O8S2.3H2O/c18-6-3-5(26(20,21)22)1-4-2-7(27(23,24)25)9(10(19)8(4)6)12-13-11-14-16-17-15-11;;;/h1-3,18-19H,(H,20,21,22)(H,23,24,25)(H,14,15,16,17);3*1H2. The van der Waals surface area contributed by atoms with Crippen LogP contribution in [-0.4, -0.2) is 73.2 Å². The molecule has 166 valence electrons. The molecule has 2 aromatic carbocycles. The van der Waals surface area contributed by atoms with Crippen molar-refractivity contribution in [3.05, 3.63) is 18.2 Å². The number of rotatable bonds is 4. The molecule has 0 bridgehead atoms. The molecule has 0 spiro atoms. The number of aromatic hydroxyl groups is 2. The first-order chi connectivity index (χ1) is 12.5. The average molecular weight is 470 g/mol. The van der Waals surface area contributed by atoms with Crippen molar-refractivity contribution in [2.45, 2.75) is 9.79 Å². The van der Waals surface area contributed by atoms with Crippen molar-refractivity contribution in [1.29, 1.82) is 0 Å². The van der Waals surface area contributed by atoms with Gasteiger partial charge in [-0.1, -0.05) is 5.10 Å². The first kappa shape index (κ1) is 26.7. The molecule has 0 aliphatic heterocycles. The van der Waals surface area contributed by atoms with Gasteiger partial charge in [-0.25, -0.2) is 0 Å². The molecule has 1 aromatic heterocycles. The molecule has 0 aliphatic carbocycles. The van der Waals surface area contributed by atoms with Gasteiger partial charge in [0.2, 0.25) is 0 Å². The Hall–Kier alpha value is -3.33. The molecule has 0 amide bonds. The van der Waals surface area contributed by atoms with Crippen LogP contribution in [0.15, 0.2) is 38.2 Å². The first-order valence-electron chi connectivity index (χ1n) is 6.61. The van der Waals surface area contributed by atoms with Crippen LogP contribution in [0, 0.1) is 0 Å². The van der Waals surface area contributed by atoms with E-state index < -0.39 is 52.6 Å². The smallest absolute Gasteiger partial charge is 0.307 e. The van der Waals surface area contributed by atoms with Crippen LogP contribution in [0.1, 0.15) is 0 Å². The van der Waals surface area contributed by atoms with E-state index >= 15 is 0 Å². The van der Waals surface area contributed by atoms with E-state index in [-0.39, 0.29) is 27.8 Å². The molecule has 0 atom stereocenters. The normalized spacial score (nSPS) is 11.5. The molecular formula is C11H14N6O11S2. The summed E-state index contributed by atoms with van der Waals surface area (Å²) < 4.78 is 64.3. The summed E-state index contributed by atoms with van der Waals surface area (Å²) in [5.41, 5.74) is -0.773. The maximum absolute atomic E-state index is 11.6. The largest absolute Gasteiger partial charge is 0.507 e. The average Bonchev–Trinajstić information content (AvgIpc) is 3.04. The number of hydrogen-bond donors (Lipinski definition) is 5. The zero-order valence-electron chi connectivity index (χ0n) is 14.2. The Labute approximate surface area is 166 Å². The van der Waals surface area contributed by atoms with E-state index in [0.717, 1.165) is 12.1 Å². The second-order valence-corrected chi connectivity index (χ2v) is 7.79. The zero-order chi connectivity index (χ0) is 20.0. The molecule has 3 aromatic rings. The molecule has 17 nitrogen and oxygen atoms in total. The van der Waals surface area contributed by atoms with Crippen molar-refractivity contribution >= 4 is 42.6 Å². The molecule has 0 saturated carbocycles. The van der Waals surface area contributed by atoms with Crippen molar-refractivity contribution in [2.24, 2.45) is 10.2 Å². The maximum Gasteiger partial charge on any atom is 0.307 e. The highest BCUT2D eigenvalue weighted by Gasteiger charge is 2.25. The number of hydrogen-bond acceptors (Lipinski definition) is 11. The lowest BCUT2D eigenvalue weighted by Gasteiger charge is -2.11. The van der Waals surface area contributed by atoms with E-state index in [9.17, 15) is 31.6 Å². The monoisotopic (exact) mass is 470 g/mol. The van der Waals surface area contributed by atoms with Gasteiger partial charge in [0.15, 0.2) is 5.75 Å². The van der Waals surface area contributed by atoms with E-state index in [1.165, 1.54) is 0 Å². The number of H-pyrrole nitrogens is 1. The number of aromatic amines is 1. The highest BCUT2D eigenvalue weighted by atomic mass is 32.2. The van der Waals surface area contributed by atoms with Crippen molar-refractivity contribution in [3.8, 4) is 11.5 Å². The number of azo groups is 1. The Bertz CT molecular complexity index is 1290. The van der Waals surface area contributed by atoms with Gasteiger partial charge in [0.25, 0.3) is 20.2 Å². The number of tetrazole rings is 1. The van der Waals surface area contributed by atoms with Crippen molar-refractivity contribution in [3.63, 3.8) is 0 Å². The Balaban J connectivity index is 0.00000280. The predicted molar refractivity (Wildman–Crippen MR) is 96.1 cm³/mol. The molecule has 19 heteroatoms. The van der Waals surface area contributed by atoms with E-state index in [0.29, 0.717) is 6.07 Å². The van der Waals surface area contributed by atoms with Crippen LogP contribution in [0.4, 0.5) is 11.6 Å². The minimum atomic E-state index is -4.97. The van der Waals surface area contributed by atoms with E-state index in [1.54, 1.807) is 0 Å². The summed E-state index contributed by atoms with van der Waals surface area (Å²) in [5, 5.41) is 38.6. The number of aromatic nitrogens is 4. The fourth-order valence-electron chi connectivity index (χ4n) is 2.17. The van der Waals surface area contributed by atoms with E-state index in [4.69, 9.17) is 4.55 Å². The summed E-state index contributed by atoms with van der Waals surface area (Å²) in [6.45, 7) is 0. The predicted octanol–water partition coefficient (Wildman–Crippen LogP) is -1.80. The maximum atomic E-state index is 11.6. The van der Waals surface area contributed by atoms with Gasteiger partial charge in [0, 0.05) is 6.07 Å². The van der Waals surface area contributed by atoms with Crippen LogP contribution in [0.25, 0.3) is 10.8 Å². The van der Waals surface area contributed by atoms with Gasteiger partial charge < -0.3 is 26.6 Å². The van der Waals surface area contributed by atoms with Crippen LogP contribution < -0.4 is 0 Å². The quantitative estimate of drug-likeness (QED) is 0.209. The molecule has 0 saturated heterocycles. The second-order valence-electron chi connectivity index (χ2n) is 4.97. The van der Waals surface area contributed by atoms with Crippen LogP contribution in [0.2, 0.25) is 0 Å². The van der Waals surface area contributed by atoms with Gasteiger partial charge in [-0.3, -0.25) is 9.11 Å². The van der Waals surface area contributed by atoms with Gasteiger partial charge in [-0.2, -0.15) is 22.0 Å². The fraction of sp³-hybridized carbons (Fsp3) is 0. The van der Waals surface area contributed by atoms with Crippen LogP contribution in [0.3, 0.4) is 0 Å². The number of fused-ring (bicyclic) bond motifs is 1. The summed E-state index contributed by atoms with van der Waals surface area (Å²) in [6, 6.07) is 2.13. The summed E-state index contributed by atoms with van der Waals surface area (Å²) >= 11 is 0. The Kier molecular flexibility index (Phi) is 8.00. The van der Waals surface area contributed by atoms with Crippen LogP contribution in [-0.2, 0) is 20.2 Å². The van der Waals surface area contributed by atoms with Gasteiger partial charge >= 0.3 is 5.95 Å². The molecule has 30 heavy (non-hydrogen) atoms. The molecule has 0 fully saturated rings. The van der Waals surface area contributed by atoms with Crippen LogP contribution in [0.5, 0.6) is 11.5 Å². The number of nitrogens with one attached hydrogen (secondary N) is 1. The Morgan fingerprint density at radius 3 is 2.03 bits per heavy atom. The molecule has 3 rings (SSSR count). The number of benzene rings is 2. The highest BCUT2D eigenvalue weighted by molar-refractivity contribution is 7.86. The van der Waals surface area contributed by atoms with Crippen molar-refractivity contribution in [2.75, 3.05) is 0 Å². The van der Waals surface area contributed by atoms with E-state index in [1.807, 2.05) is 0 Å². The van der Waals surface area contributed by atoms with Crippen LogP contribution >= 0.6 is 0 Å². The third-order valence-electron chi connectivity index (χ3n) is 3.25. The summed E-state index contributed by atoms with van der Waals surface area (Å²) in [5.74, 6) is -2.08. The summed E-state index contributed by atoms with van der Waals surface area (Å²) in [4.78, 5) is -1.72. The minimum absolute atomic E-state index is 0. The van der Waals surface area contributed by atoms with Gasteiger partial charge in [-0.15, -0.1) is 15.3 Å². The lowest BCUT2D eigenvalue weighted by molar-refractivity contribution is 0.457. The molecular weight excluding hydrogens is 456 g/mol. The Morgan fingerprint density at radius 2 is 1.53 bits per heavy atom. The minimum Gasteiger partial charge on any atom is -0.507 e. The molecule has 0 radical (unpaired) electrons. The number of phenols is 2. The van der Waals surface area contributed by atoms with Crippen molar-refractivity contribution < 1.29 is 52.6 Å². The first-order valence-corrected chi connectivity index (χ1v) is 9.49. The second kappa shape index (κ2) is 9.00. The fourth-order valence-corrected chi connectivity index (χ4v) is 3.37. The molecule has 0 unspecified atom stereocenters. The van der Waals surface area contributed by atoms with Crippen molar-refractivity contribution in [1.82, 2.24) is 20.6 Å². The van der Waals surface area contributed by atoms with E-state index in [2.05, 4.69) is 30.9 Å². The van der Waals surface area contributed by atoms with Gasteiger partial charge in [-0.05, 0) is 22.7 Å². The highest BCUT2D eigenvalue weighted by Crippen LogP contribution is 2.45. The third kappa shape index (κ3) is 4.98. The Morgan fingerprint density at radius 1 is 0.900 bits per heavy atom. The molecule has 11 N–H and O–H groups in total. The number of phenolic OH excluding ortho intramolecular Hbond substituents is 2. The number of nitrogens with zero attached hydrogens (tertiary/aromatic N) is 5. The SMILES string of the molecule is O.O.O.O=S(=O)(O)c1cc(O)c2c(O)c(N=Nc3nn[nH]n3)c(S(=O)(=O)O)cc2c1. The van der Waals surface area contributed by atoms with Gasteiger partial charge in [0.05, 0.1) is 10.3 Å². The third-order valence-corrected chi connectivity index (χ3v) is 4.95. The summed E-state index contributed by atoms with van der Waals surface area (Å²) in [7, 11) is -9.72. The zero-order valence-corrected chi connectivity index (χ0v) is 15.8. The summed E-state index contributed by atoms with van der Waals surface area (Å²) in [6.07, 6.45) is 0. The lowest BCUT2D eigenvalue weighted by Crippen LogP contribution is -2.01. The lowest BCUT2D eigenvalue weighted by atomic mass is 10.1. The molecule has 0 aliphatic rings. The topological polar surface area (TPSA) is 323 Å².